The molecule has 0 radical (unpaired) electrons. The van der Waals surface area contributed by atoms with E-state index in [0.717, 1.165) is 24.3 Å². The van der Waals surface area contributed by atoms with Crippen LogP contribution in [0.25, 0.3) is 0 Å². The average Bonchev–Trinajstić information content (AvgIpc) is 3.33. The van der Waals surface area contributed by atoms with Crippen molar-refractivity contribution in [3.63, 3.8) is 0 Å². The fraction of sp³-hybridized carbons (Fsp3) is 0.714. The fourth-order valence-corrected chi connectivity index (χ4v) is 4.87. The minimum absolute atomic E-state index is 0.249. The lowest BCUT2D eigenvalue weighted by atomic mass is 10.4. The standard InChI is InChI=1S/C14H22N2O2S2/c17-20(18,10-2-8-15-12-4-5-12)16(13-6-7-13)11-14-3-1-9-19-14/h1,3,9,12-13,15H,2,4-8,10-11H2. The van der Waals surface area contributed by atoms with Crippen LogP contribution in [0.5, 0.6) is 0 Å². The van der Waals surface area contributed by atoms with Crippen LogP contribution >= 0.6 is 11.3 Å². The summed E-state index contributed by atoms with van der Waals surface area (Å²) in [4.78, 5) is 1.14. The number of hydrogen-bond acceptors (Lipinski definition) is 4. The van der Waals surface area contributed by atoms with E-state index in [1.165, 1.54) is 12.8 Å². The van der Waals surface area contributed by atoms with Gasteiger partial charge in [-0.2, -0.15) is 4.31 Å². The monoisotopic (exact) mass is 314 g/mol. The SMILES string of the molecule is O=S(=O)(CCCNC1CC1)N(Cc1cccs1)C1CC1. The summed E-state index contributed by atoms with van der Waals surface area (Å²) in [5, 5.41) is 5.38. The topological polar surface area (TPSA) is 49.4 Å². The summed E-state index contributed by atoms with van der Waals surface area (Å²) in [6.07, 6.45) is 5.25. The van der Waals surface area contributed by atoms with Gasteiger partial charge >= 0.3 is 0 Å². The van der Waals surface area contributed by atoms with Crippen LogP contribution in [0.1, 0.15) is 37.0 Å². The molecule has 0 aliphatic heterocycles. The summed E-state index contributed by atoms with van der Waals surface area (Å²) in [7, 11) is -3.11. The van der Waals surface area contributed by atoms with Crippen LogP contribution in [0.2, 0.25) is 0 Å². The molecule has 0 aromatic carbocycles. The maximum Gasteiger partial charge on any atom is 0.214 e. The molecule has 3 rings (SSSR count). The Morgan fingerprint density at radius 2 is 2.10 bits per heavy atom. The summed E-state index contributed by atoms with van der Waals surface area (Å²) in [6, 6.07) is 4.91. The van der Waals surface area contributed by atoms with Gasteiger partial charge in [-0.05, 0) is 50.1 Å². The number of rotatable bonds is 9. The highest BCUT2D eigenvalue weighted by Crippen LogP contribution is 2.32. The number of sulfonamides is 1. The molecule has 2 aliphatic carbocycles. The normalized spacial score (nSPS) is 19.6. The number of nitrogens with zero attached hydrogens (tertiary/aromatic N) is 1. The van der Waals surface area contributed by atoms with Crippen LogP contribution in [-0.4, -0.2) is 37.1 Å². The zero-order chi connectivity index (χ0) is 14.0. The molecular formula is C14H22N2O2S2. The summed E-state index contributed by atoms with van der Waals surface area (Å²) in [5.41, 5.74) is 0. The Morgan fingerprint density at radius 3 is 2.70 bits per heavy atom. The minimum Gasteiger partial charge on any atom is -0.314 e. The van der Waals surface area contributed by atoms with Gasteiger partial charge < -0.3 is 5.32 Å². The van der Waals surface area contributed by atoms with Gasteiger partial charge in [-0.1, -0.05) is 6.07 Å². The van der Waals surface area contributed by atoms with E-state index in [0.29, 0.717) is 19.0 Å². The van der Waals surface area contributed by atoms with Gasteiger partial charge in [0.1, 0.15) is 0 Å². The van der Waals surface area contributed by atoms with E-state index < -0.39 is 10.0 Å². The second-order valence-electron chi connectivity index (χ2n) is 5.75. The smallest absolute Gasteiger partial charge is 0.214 e. The first kappa shape index (κ1) is 14.5. The predicted octanol–water partition coefficient (Wildman–Crippen LogP) is 2.18. The highest BCUT2D eigenvalue weighted by atomic mass is 32.2. The first-order chi connectivity index (χ1) is 9.65. The number of hydrogen-bond donors (Lipinski definition) is 1. The van der Waals surface area contributed by atoms with Crippen LogP contribution in [0.15, 0.2) is 17.5 Å². The third-order valence-electron chi connectivity index (χ3n) is 3.79. The van der Waals surface area contributed by atoms with E-state index in [1.54, 1.807) is 15.6 Å². The van der Waals surface area contributed by atoms with Gasteiger partial charge in [0.05, 0.1) is 5.75 Å². The third kappa shape index (κ3) is 4.04. The first-order valence-electron chi connectivity index (χ1n) is 7.40. The summed E-state index contributed by atoms with van der Waals surface area (Å²) in [6.45, 7) is 1.38. The third-order valence-corrected chi connectivity index (χ3v) is 6.60. The van der Waals surface area contributed by atoms with E-state index in [2.05, 4.69) is 5.32 Å². The number of thiophene rings is 1. The van der Waals surface area contributed by atoms with Crippen molar-refractivity contribution in [1.82, 2.24) is 9.62 Å². The zero-order valence-corrected chi connectivity index (χ0v) is 13.3. The Hall–Kier alpha value is -0.430. The molecule has 0 amide bonds. The van der Waals surface area contributed by atoms with Gasteiger partial charge in [0.25, 0.3) is 0 Å². The van der Waals surface area contributed by atoms with Gasteiger partial charge in [-0.15, -0.1) is 11.3 Å². The van der Waals surface area contributed by atoms with Crippen molar-refractivity contribution in [3.8, 4) is 0 Å². The molecule has 0 bridgehead atoms. The van der Waals surface area contributed by atoms with Gasteiger partial charge in [0.15, 0.2) is 0 Å². The van der Waals surface area contributed by atoms with Crippen molar-refractivity contribution in [2.45, 2.75) is 50.7 Å². The molecular weight excluding hydrogens is 292 g/mol. The highest BCUT2D eigenvalue weighted by molar-refractivity contribution is 7.89. The Bertz CT molecular complexity index is 519. The second kappa shape index (κ2) is 6.13. The summed E-state index contributed by atoms with van der Waals surface area (Å²) >= 11 is 1.63. The fourth-order valence-electron chi connectivity index (χ4n) is 2.34. The molecule has 1 aromatic rings. The molecule has 112 valence electrons. The molecule has 0 unspecified atom stereocenters. The van der Waals surface area contributed by atoms with E-state index in [9.17, 15) is 8.42 Å². The van der Waals surface area contributed by atoms with Crippen LogP contribution in [0.3, 0.4) is 0 Å². The molecule has 0 atom stereocenters. The van der Waals surface area contributed by atoms with E-state index in [-0.39, 0.29) is 11.8 Å². The molecule has 6 heteroatoms. The van der Waals surface area contributed by atoms with E-state index in [4.69, 9.17) is 0 Å². The van der Waals surface area contributed by atoms with Crippen molar-refractivity contribution in [2.75, 3.05) is 12.3 Å². The Labute approximate surface area is 125 Å². The van der Waals surface area contributed by atoms with Crippen LogP contribution in [-0.2, 0) is 16.6 Å². The van der Waals surface area contributed by atoms with Gasteiger partial charge in [-0.25, -0.2) is 8.42 Å². The Kier molecular flexibility index (Phi) is 4.45. The largest absolute Gasteiger partial charge is 0.314 e. The zero-order valence-electron chi connectivity index (χ0n) is 11.6. The second-order valence-corrected chi connectivity index (χ2v) is 8.83. The van der Waals surface area contributed by atoms with Crippen molar-refractivity contribution in [2.24, 2.45) is 0 Å². The predicted molar refractivity (Wildman–Crippen MR) is 82.3 cm³/mol. The maximum atomic E-state index is 12.5. The van der Waals surface area contributed by atoms with Crippen molar-refractivity contribution in [1.29, 1.82) is 0 Å². The Balaban J connectivity index is 1.54. The van der Waals surface area contributed by atoms with Crippen molar-refractivity contribution >= 4 is 21.4 Å². The highest BCUT2D eigenvalue weighted by Gasteiger charge is 2.37. The lowest BCUT2D eigenvalue weighted by Gasteiger charge is -2.21. The van der Waals surface area contributed by atoms with E-state index in [1.807, 2.05) is 17.5 Å². The van der Waals surface area contributed by atoms with Crippen LogP contribution in [0.4, 0.5) is 0 Å². The molecule has 0 saturated heterocycles. The van der Waals surface area contributed by atoms with Gasteiger partial charge in [0, 0.05) is 23.5 Å². The summed E-state index contributed by atoms with van der Waals surface area (Å²) < 4.78 is 26.7. The lowest BCUT2D eigenvalue weighted by molar-refractivity contribution is 0.400. The molecule has 1 heterocycles. The molecule has 1 N–H and O–H groups in total. The van der Waals surface area contributed by atoms with Gasteiger partial charge in [-0.3, -0.25) is 0 Å². The molecule has 1 aromatic heterocycles. The van der Waals surface area contributed by atoms with E-state index >= 15 is 0 Å². The van der Waals surface area contributed by atoms with Crippen LogP contribution < -0.4 is 5.32 Å². The molecule has 2 aliphatic rings. The lowest BCUT2D eigenvalue weighted by Crippen LogP contribution is -2.35. The van der Waals surface area contributed by atoms with Gasteiger partial charge in [0.2, 0.25) is 10.0 Å². The van der Waals surface area contributed by atoms with Crippen molar-refractivity contribution < 1.29 is 8.42 Å². The first-order valence-corrected chi connectivity index (χ1v) is 9.89. The summed E-state index contributed by atoms with van der Waals surface area (Å²) in [5.74, 6) is 0.272. The molecule has 2 saturated carbocycles. The maximum absolute atomic E-state index is 12.5. The molecule has 4 nitrogen and oxygen atoms in total. The quantitative estimate of drug-likeness (QED) is 0.711. The molecule has 20 heavy (non-hydrogen) atoms. The Morgan fingerprint density at radius 1 is 1.30 bits per heavy atom. The minimum atomic E-state index is -3.11. The van der Waals surface area contributed by atoms with Crippen molar-refractivity contribution in [3.05, 3.63) is 22.4 Å². The molecule has 0 spiro atoms. The average molecular weight is 314 g/mol. The molecule has 2 fully saturated rings. The van der Waals surface area contributed by atoms with Crippen LogP contribution in [0, 0.1) is 0 Å². The number of nitrogens with one attached hydrogen (secondary N) is 1.